The molecule has 2 rings (SSSR count). The molecule has 1 saturated heterocycles. The molecule has 3 nitrogen and oxygen atoms in total. The molecule has 1 aliphatic heterocycles. The predicted octanol–water partition coefficient (Wildman–Crippen LogP) is 2.80. The van der Waals surface area contributed by atoms with Crippen LogP contribution in [0.3, 0.4) is 0 Å². The van der Waals surface area contributed by atoms with Crippen molar-refractivity contribution in [2.45, 2.75) is 20.3 Å². The predicted molar refractivity (Wildman–Crippen MR) is 67.3 cm³/mol. The first kappa shape index (κ1) is 12.0. The Morgan fingerprint density at radius 1 is 1.41 bits per heavy atom. The average Bonchev–Trinajstić information content (AvgIpc) is 2.77. The van der Waals surface area contributed by atoms with Gasteiger partial charge >= 0.3 is 0 Å². The van der Waals surface area contributed by atoms with Gasteiger partial charge in [-0.3, -0.25) is 4.79 Å². The van der Waals surface area contributed by atoms with Crippen LogP contribution in [-0.2, 0) is 4.79 Å². The highest BCUT2D eigenvalue weighted by atomic mass is 16.3. The Labute approximate surface area is 102 Å². The van der Waals surface area contributed by atoms with Crippen molar-refractivity contribution in [1.29, 1.82) is 0 Å². The number of nitrogens with zero attached hydrogens (tertiary/aromatic N) is 1. The molecule has 1 aromatic rings. The van der Waals surface area contributed by atoms with Crippen LogP contribution in [0.5, 0.6) is 0 Å². The first-order chi connectivity index (χ1) is 8.15. The summed E-state index contributed by atoms with van der Waals surface area (Å²) in [4.78, 5) is 13.9. The molecule has 2 unspecified atom stereocenters. The summed E-state index contributed by atoms with van der Waals surface area (Å²) in [5.74, 6) is 2.00. The van der Waals surface area contributed by atoms with Gasteiger partial charge < -0.3 is 9.32 Å². The van der Waals surface area contributed by atoms with E-state index in [9.17, 15) is 4.79 Å². The number of likely N-dealkylation sites (tertiary alicyclic amines) is 1. The third-order valence-corrected chi connectivity index (χ3v) is 3.11. The zero-order chi connectivity index (χ0) is 12.3. The molecule has 0 spiro atoms. The first-order valence-electron chi connectivity index (χ1n) is 6.15. The topological polar surface area (TPSA) is 33.5 Å². The number of hydrogen-bond donors (Lipinski definition) is 0. The number of carbonyl (C=O) groups excluding carboxylic acids is 1. The zero-order valence-corrected chi connectivity index (χ0v) is 10.4. The van der Waals surface area contributed by atoms with Crippen LogP contribution in [0.4, 0.5) is 0 Å². The van der Waals surface area contributed by atoms with E-state index in [1.165, 1.54) is 6.42 Å². The Kier molecular flexibility index (Phi) is 3.67. The third kappa shape index (κ3) is 3.22. The lowest BCUT2D eigenvalue weighted by molar-refractivity contribution is -0.128. The van der Waals surface area contributed by atoms with Gasteiger partial charge in [-0.05, 0) is 36.5 Å². The summed E-state index contributed by atoms with van der Waals surface area (Å²) in [5.41, 5.74) is 0. The fourth-order valence-electron chi connectivity index (χ4n) is 2.49. The lowest BCUT2D eigenvalue weighted by atomic mass is 9.92. The molecule has 0 aromatic carbocycles. The maximum atomic E-state index is 12.0. The fourth-order valence-corrected chi connectivity index (χ4v) is 2.49. The largest absolute Gasteiger partial charge is 0.465 e. The van der Waals surface area contributed by atoms with Gasteiger partial charge in [0.25, 0.3) is 0 Å². The Hall–Kier alpha value is -1.51. The molecule has 1 aliphatic rings. The van der Waals surface area contributed by atoms with Gasteiger partial charge in [-0.2, -0.15) is 0 Å². The van der Waals surface area contributed by atoms with Gasteiger partial charge in [0.05, 0.1) is 6.26 Å². The highest BCUT2D eigenvalue weighted by Gasteiger charge is 2.23. The molecule has 0 saturated carbocycles. The SMILES string of the molecule is CC1CC(C)CN(C(=O)C=Cc2ccco2)C1. The second-order valence-corrected chi connectivity index (χ2v) is 5.04. The number of amides is 1. The molecular weight excluding hydrogens is 214 g/mol. The highest BCUT2D eigenvalue weighted by molar-refractivity contribution is 5.91. The summed E-state index contributed by atoms with van der Waals surface area (Å²) in [5, 5.41) is 0. The summed E-state index contributed by atoms with van der Waals surface area (Å²) < 4.78 is 5.16. The van der Waals surface area contributed by atoms with E-state index in [1.807, 2.05) is 17.0 Å². The Morgan fingerprint density at radius 3 is 2.71 bits per heavy atom. The van der Waals surface area contributed by atoms with Gasteiger partial charge in [0.1, 0.15) is 5.76 Å². The number of piperidine rings is 1. The summed E-state index contributed by atoms with van der Waals surface area (Å²) in [6.45, 7) is 6.13. The molecule has 0 radical (unpaired) electrons. The Balaban J connectivity index is 1.95. The normalized spacial score (nSPS) is 25.4. The van der Waals surface area contributed by atoms with Gasteiger partial charge in [0, 0.05) is 19.2 Å². The summed E-state index contributed by atoms with van der Waals surface area (Å²) in [7, 11) is 0. The van der Waals surface area contributed by atoms with E-state index in [0.717, 1.165) is 18.8 Å². The van der Waals surface area contributed by atoms with E-state index in [1.54, 1.807) is 18.4 Å². The quantitative estimate of drug-likeness (QED) is 0.736. The van der Waals surface area contributed by atoms with Gasteiger partial charge in [-0.15, -0.1) is 0 Å². The van der Waals surface area contributed by atoms with E-state index >= 15 is 0 Å². The molecule has 17 heavy (non-hydrogen) atoms. The minimum Gasteiger partial charge on any atom is -0.465 e. The molecule has 2 heterocycles. The number of hydrogen-bond acceptors (Lipinski definition) is 2. The lowest BCUT2D eigenvalue weighted by Gasteiger charge is -2.34. The van der Waals surface area contributed by atoms with Crippen molar-refractivity contribution < 1.29 is 9.21 Å². The molecule has 1 aromatic heterocycles. The summed E-state index contributed by atoms with van der Waals surface area (Å²) in [6.07, 6.45) is 6.15. The molecule has 0 bridgehead atoms. The number of furan rings is 1. The van der Waals surface area contributed by atoms with Crippen LogP contribution in [0.25, 0.3) is 6.08 Å². The highest BCUT2D eigenvalue weighted by Crippen LogP contribution is 2.21. The third-order valence-electron chi connectivity index (χ3n) is 3.11. The summed E-state index contributed by atoms with van der Waals surface area (Å²) in [6, 6.07) is 3.65. The molecule has 2 atom stereocenters. The van der Waals surface area contributed by atoms with Crippen molar-refractivity contribution in [1.82, 2.24) is 4.90 Å². The molecule has 0 N–H and O–H groups in total. The van der Waals surface area contributed by atoms with E-state index in [4.69, 9.17) is 4.42 Å². The Bertz CT molecular complexity index is 384. The van der Waals surface area contributed by atoms with Crippen molar-refractivity contribution in [3.8, 4) is 0 Å². The second-order valence-electron chi connectivity index (χ2n) is 5.04. The Morgan fingerprint density at radius 2 is 2.12 bits per heavy atom. The molecule has 1 fully saturated rings. The van der Waals surface area contributed by atoms with Crippen molar-refractivity contribution in [3.05, 3.63) is 30.2 Å². The van der Waals surface area contributed by atoms with Crippen LogP contribution in [-0.4, -0.2) is 23.9 Å². The van der Waals surface area contributed by atoms with E-state index in [-0.39, 0.29) is 5.91 Å². The van der Waals surface area contributed by atoms with E-state index in [0.29, 0.717) is 11.8 Å². The van der Waals surface area contributed by atoms with Crippen molar-refractivity contribution in [2.24, 2.45) is 11.8 Å². The van der Waals surface area contributed by atoms with Crippen molar-refractivity contribution >= 4 is 12.0 Å². The maximum absolute atomic E-state index is 12.0. The van der Waals surface area contributed by atoms with Gasteiger partial charge in [-0.25, -0.2) is 0 Å². The van der Waals surface area contributed by atoms with Crippen LogP contribution in [0, 0.1) is 11.8 Å². The minimum atomic E-state index is 0.0831. The van der Waals surface area contributed by atoms with E-state index in [2.05, 4.69) is 13.8 Å². The van der Waals surface area contributed by atoms with Gasteiger partial charge in [-0.1, -0.05) is 13.8 Å². The van der Waals surface area contributed by atoms with Crippen LogP contribution in [0.2, 0.25) is 0 Å². The van der Waals surface area contributed by atoms with Crippen molar-refractivity contribution in [2.75, 3.05) is 13.1 Å². The minimum absolute atomic E-state index is 0.0831. The van der Waals surface area contributed by atoms with E-state index < -0.39 is 0 Å². The van der Waals surface area contributed by atoms with Crippen LogP contribution in [0.15, 0.2) is 28.9 Å². The second kappa shape index (κ2) is 5.21. The number of carbonyl (C=O) groups is 1. The van der Waals surface area contributed by atoms with Crippen LogP contribution < -0.4 is 0 Å². The molecular formula is C14H19NO2. The van der Waals surface area contributed by atoms with Crippen LogP contribution in [0.1, 0.15) is 26.0 Å². The first-order valence-corrected chi connectivity index (χ1v) is 6.15. The maximum Gasteiger partial charge on any atom is 0.246 e. The molecule has 3 heteroatoms. The molecule has 1 amide bonds. The monoisotopic (exact) mass is 233 g/mol. The lowest BCUT2D eigenvalue weighted by Crippen LogP contribution is -2.41. The molecule has 0 aliphatic carbocycles. The smallest absolute Gasteiger partial charge is 0.246 e. The number of rotatable bonds is 2. The van der Waals surface area contributed by atoms with Gasteiger partial charge in [0.15, 0.2) is 0 Å². The fraction of sp³-hybridized carbons (Fsp3) is 0.500. The van der Waals surface area contributed by atoms with Crippen molar-refractivity contribution in [3.63, 3.8) is 0 Å². The van der Waals surface area contributed by atoms with Crippen LogP contribution >= 0.6 is 0 Å². The van der Waals surface area contributed by atoms with Gasteiger partial charge in [0.2, 0.25) is 5.91 Å². The zero-order valence-electron chi connectivity index (χ0n) is 10.4. The standard InChI is InChI=1S/C14H19NO2/c1-11-8-12(2)10-15(9-11)14(16)6-5-13-4-3-7-17-13/h3-7,11-12H,8-10H2,1-2H3. The summed E-state index contributed by atoms with van der Waals surface area (Å²) >= 11 is 0. The molecule has 92 valence electrons. The average molecular weight is 233 g/mol.